The highest BCUT2D eigenvalue weighted by atomic mass is 28.3. The van der Waals surface area contributed by atoms with Crippen molar-refractivity contribution in [3.05, 3.63) is 42.0 Å². The zero-order valence-electron chi connectivity index (χ0n) is 12.7. The van der Waals surface area contributed by atoms with E-state index in [2.05, 4.69) is 50.4 Å². The van der Waals surface area contributed by atoms with Crippen molar-refractivity contribution in [2.45, 2.75) is 58.4 Å². The van der Waals surface area contributed by atoms with Crippen LogP contribution in [0.5, 0.6) is 0 Å². The van der Waals surface area contributed by atoms with Gasteiger partial charge in [0.15, 0.2) is 0 Å². The largest absolute Gasteiger partial charge is 0.392 e. The van der Waals surface area contributed by atoms with E-state index in [9.17, 15) is 5.11 Å². The summed E-state index contributed by atoms with van der Waals surface area (Å²) in [6.45, 7) is 7.21. The smallest absolute Gasteiger partial charge is 0.0811 e. The van der Waals surface area contributed by atoms with Crippen LogP contribution in [0.4, 0.5) is 0 Å². The minimum atomic E-state index is -1.41. The van der Waals surface area contributed by atoms with Crippen molar-refractivity contribution in [1.82, 2.24) is 0 Å². The van der Waals surface area contributed by atoms with Crippen molar-refractivity contribution in [3.8, 4) is 0 Å². The maximum absolute atomic E-state index is 9.46. The fourth-order valence-corrected chi connectivity index (χ4v) is 5.45. The van der Waals surface area contributed by atoms with Crippen LogP contribution in [-0.4, -0.2) is 13.2 Å². The van der Waals surface area contributed by atoms with Crippen molar-refractivity contribution < 1.29 is 5.11 Å². The standard InChI is InChI=1S/C17H28OSi/c1-4-5-6-7-8-11-14-19(2,3)17-13-10-9-12-16(17)15-18/h6-7,9-10,12-13,18H,4-5,8,11,14-15H2,1-3H3/b7-6+. The van der Waals surface area contributed by atoms with Crippen LogP contribution < -0.4 is 5.19 Å². The van der Waals surface area contributed by atoms with Crippen molar-refractivity contribution >= 4 is 13.3 Å². The predicted molar refractivity (Wildman–Crippen MR) is 87.6 cm³/mol. The first kappa shape index (κ1) is 16.2. The minimum absolute atomic E-state index is 0.170. The highest BCUT2D eigenvalue weighted by Gasteiger charge is 2.24. The van der Waals surface area contributed by atoms with E-state index in [1.807, 2.05) is 6.07 Å². The summed E-state index contributed by atoms with van der Waals surface area (Å²) in [6.07, 6.45) is 9.52. The molecule has 0 aliphatic carbocycles. The molecule has 1 aromatic carbocycles. The Labute approximate surface area is 119 Å². The van der Waals surface area contributed by atoms with E-state index in [4.69, 9.17) is 0 Å². The number of hydrogen-bond acceptors (Lipinski definition) is 1. The molecule has 19 heavy (non-hydrogen) atoms. The van der Waals surface area contributed by atoms with Crippen LogP contribution >= 0.6 is 0 Å². The van der Waals surface area contributed by atoms with Crippen LogP contribution in [0.15, 0.2) is 36.4 Å². The van der Waals surface area contributed by atoms with E-state index in [1.165, 1.54) is 36.9 Å². The number of unbranched alkanes of at least 4 members (excludes halogenated alkanes) is 2. The van der Waals surface area contributed by atoms with Crippen molar-refractivity contribution in [3.63, 3.8) is 0 Å². The minimum Gasteiger partial charge on any atom is -0.392 e. The van der Waals surface area contributed by atoms with E-state index in [0.717, 1.165) is 5.56 Å². The third-order valence-corrected chi connectivity index (χ3v) is 7.26. The molecule has 0 aromatic heterocycles. The molecule has 1 aromatic rings. The molecule has 0 radical (unpaired) electrons. The number of aliphatic hydroxyl groups excluding tert-OH is 1. The maximum Gasteiger partial charge on any atom is 0.0811 e. The van der Waals surface area contributed by atoms with Crippen LogP contribution in [0.1, 0.15) is 38.2 Å². The monoisotopic (exact) mass is 276 g/mol. The second kappa shape index (κ2) is 8.34. The van der Waals surface area contributed by atoms with Gasteiger partial charge in [0.1, 0.15) is 0 Å². The number of benzene rings is 1. The topological polar surface area (TPSA) is 20.2 Å². The summed E-state index contributed by atoms with van der Waals surface area (Å²) in [4.78, 5) is 0. The zero-order valence-corrected chi connectivity index (χ0v) is 13.7. The molecule has 1 rings (SSSR count). The maximum atomic E-state index is 9.46. The first-order valence-electron chi connectivity index (χ1n) is 7.46. The molecule has 0 amide bonds. The summed E-state index contributed by atoms with van der Waals surface area (Å²) in [7, 11) is -1.41. The van der Waals surface area contributed by atoms with Crippen LogP contribution in [0.25, 0.3) is 0 Å². The Hall–Kier alpha value is -0.863. The SMILES string of the molecule is CCC/C=C/CCC[Si](C)(C)c1ccccc1CO. The molecule has 2 heteroatoms. The van der Waals surface area contributed by atoms with Crippen LogP contribution in [-0.2, 0) is 6.61 Å². The second-order valence-electron chi connectivity index (χ2n) is 5.85. The van der Waals surface area contributed by atoms with Gasteiger partial charge in [-0.1, -0.05) is 80.5 Å². The quantitative estimate of drug-likeness (QED) is 0.428. The van der Waals surface area contributed by atoms with E-state index in [1.54, 1.807) is 0 Å². The van der Waals surface area contributed by atoms with Gasteiger partial charge in [-0.05, 0) is 18.4 Å². The average Bonchev–Trinajstić information content (AvgIpc) is 2.42. The van der Waals surface area contributed by atoms with Gasteiger partial charge in [0.2, 0.25) is 0 Å². The van der Waals surface area contributed by atoms with E-state index in [-0.39, 0.29) is 6.61 Å². The summed E-state index contributed by atoms with van der Waals surface area (Å²) in [5.41, 5.74) is 1.13. The number of rotatable bonds is 8. The Morgan fingerprint density at radius 2 is 1.79 bits per heavy atom. The zero-order chi connectivity index (χ0) is 14.1. The summed E-state index contributed by atoms with van der Waals surface area (Å²) in [5.74, 6) is 0. The third kappa shape index (κ3) is 5.33. The summed E-state index contributed by atoms with van der Waals surface area (Å²) >= 11 is 0. The van der Waals surface area contributed by atoms with Gasteiger partial charge < -0.3 is 5.11 Å². The highest BCUT2D eigenvalue weighted by molar-refractivity contribution is 6.90. The molecule has 0 heterocycles. The lowest BCUT2D eigenvalue weighted by atomic mass is 10.2. The Bertz CT molecular complexity index is 396. The molecule has 0 bridgehead atoms. The molecule has 0 aliphatic rings. The number of aliphatic hydroxyl groups is 1. The van der Waals surface area contributed by atoms with E-state index in [0.29, 0.717) is 0 Å². The first-order chi connectivity index (χ1) is 9.11. The molecule has 1 nitrogen and oxygen atoms in total. The first-order valence-corrected chi connectivity index (χ1v) is 10.7. The van der Waals surface area contributed by atoms with Gasteiger partial charge in [0.25, 0.3) is 0 Å². The Kier molecular flexibility index (Phi) is 7.10. The molecular weight excluding hydrogens is 248 g/mol. The normalized spacial score (nSPS) is 12.2. The summed E-state index contributed by atoms with van der Waals surface area (Å²) < 4.78 is 0. The molecule has 0 saturated heterocycles. The van der Waals surface area contributed by atoms with Gasteiger partial charge in [-0.2, -0.15) is 0 Å². The summed E-state index contributed by atoms with van der Waals surface area (Å²) in [6, 6.07) is 9.69. The lowest BCUT2D eigenvalue weighted by molar-refractivity contribution is 0.283. The van der Waals surface area contributed by atoms with Gasteiger partial charge in [-0.25, -0.2) is 0 Å². The fraction of sp³-hybridized carbons (Fsp3) is 0.529. The predicted octanol–water partition coefficient (Wildman–Crippen LogP) is 4.23. The van der Waals surface area contributed by atoms with Crippen molar-refractivity contribution in [2.24, 2.45) is 0 Å². The molecular formula is C17H28OSi. The van der Waals surface area contributed by atoms with Crippen LogP contribution in [0.2, 0.25) is 19.1 Å². The van der Waals surface area contributed by atoms with Gasteiger partial charge in [-0.15, -0.1) is 0 Å². The molecule has 0 atom stereocenters. The van der Waals surface area contributed by atoms with Crippen LogP contribution in [0.3, 0.4) is 0 Å². The lowest BCUT2D eigenvalue weighted by Crippen LogP contribution is -2.43. The summed E-state index contributed by atoms with van der Waals surface area (Å²) in [5, 5.41) is 10.9. The third-order valence-electron chi connectivity index (χ3n) is 3.71. The van der Waals surface area contributed by atoms with Gasteiger partial charge in [0.05, 0.1) is 14.7 Å². The number of allylic oxidation sites excluding steroid dienone is 2. The molecule has 0 spiro atoms. The molecule has 0 unspecified atom stereocenters. The fourth-order valence-electron chi connectivity index (χ4n) is 2.52. The van der Waals surface area contributed by atoms with Crippen molar-refractivity contribution in [1.29, 1.82) is 0 Å². The van der Waals surface area contributed by atoms with Gasteiger partial charge in [-0.3, -0.25) is 0 Å². The average molecular weight is 276 g/mol. The lowest BCUT2D eigenvalue weighted by Gasteiger charge is -2.25. The van der Waals surface area contributed by atoms with Gasteiger partial charge >= 0.3 is 0 Å². The van der Waals surface area contributed by atoms with E-state index >= 15 is 0 Å². The Morgan fingerprint density at radius 3 is 2.47 bits per heavy atom. The van der Waals surface area contributed by atoms with E-state index < -0.39 is 8.07 Å². The molecule has 0 fully saturated rings. The number of hydrogen-bond donors (Lipinski definition) is 1. The van der Waals surface area contributed by atoms with Crippen LogP contribution in [0, 0.1) is 0 Å². The molecule has 106 valence electrons. The molecule has 0 aliphatic heterocycles. The van der Waals surface area contributed by atoms with Gasteiger partial charge in [0, 0.05) is 0 Å². The Morgan fingerprint density at radius 1 is 1.11 bits per heavy atom. The highest BCUT2D eigenvalue weighted by Crippen LogP contribution is 2.16. The van der Waals surface area contributed by atoms with Crippen molar-refractivity contribution in [2.75, 3.05) is 0 Å². The second-order valence-corrected chi connectivity index (χ2v) is 10.7. The molecule has 1 N–H and O–H groups in total. The molecule has 0 saturated carbocycles. The Balaban J connectivity index is 2.55.